The Morgan fingerprint density at radius 3 is 2.42 bits per heavy atom. The smallest absolute Gasteiger partial charge is 0.373 e. The van der Waals surface area contributed by atoms with Crippen LogP contribution in [-0.2, 0) is 27.3 Å². The first-order chi connectivity index (χ1) is 11.6. The van der Waals surface area contributed by atoms with Crippen LogP contribution in [0.2, 0.25) is 0 Å². The highest BCUT2D eigenvalue weighted by atomic mass is 16.6. The fraction of sp³-hybridized carbons (Fsp3) is 0.294. The molecule has 24 heavy (non-hydrogen) atoms. The van der Waals surface area contributed by atoms with Crippen molar-refractivity contribution < 1.29 is 33.0 Å². The number of ether oxygens (including phenoxy) is 4. The lowest BCUT2D eigenvalue weighted by molar-refractivity contribution is -0.144. The maximum atomic E-state index is 11.9. The summed E-state index contributed by atoms with van der Waals surface area (Å²) in [6.45, 7) is -0.0664. The molecule has 0 fully saturated rings. The second-order valence-corrected chi connectivity index (χ2v) is 4.78. The van der Waals surface area contributed by atoms with E-state index in [2.05, 4.69) is 4.74 Å². The van der Waals surface area contributed by atoms with E-state index in [1.165, 1.54) is 27.4 Å². The van der Waals surface area contributed by atoms with E-state index >= 15 is 0 Å². The third-order valence-corrected chi connectivity index (χ3v) is 3.22. The summed E-state index contributed by atoms with van der Waals surface area (Å²) in [4.78, 5) is 23.2. The minimum absolute atomic E-state index is 0.0587. The molecular formula is C17H18O7. The van der Waals surface area contributed by atoms with E-state index in [4.69, 9.17) is 18.6 Å². The van der Waals surface area contributed by atoms with E-state index < -0.39 is 11.9 Å². The lowest BCUT2D eigenvalue weighted by atomic mass is 10.1. The Bertz CT molecular complexity index is 717. The first kappa shape index (κ1) is 17.4. The normalized spacial score (nSPS) is 10.1. The second-order valence-electron chi connectivity index (χ2n) is 4.78. The molecule has 1 heterocycles. The van der Waals surface area contributed by atoms with Gasteiger partial charge in [-0.05, 0) is 29.8 Å². The molecule has 2 rings (SSSR count). The predicted molar refractivity (Wildman–Crippen MR) is 83.1 cm³/mol. The Morgan fingerprint density at radius 2 is 1.75 bits per heavy atom. The number of esters is 2. The number of carbonyl (C=O) groups is 2. The molecule has 0 bridgehead atoms. The maximum Gasteiger partial charge on any atom is 0.373 e. The van der Waals surface area contributed by atoms with E-state index in [-0.39, 0.29) is 18.8 Å². The zero-order valence-corrected chi connectivity index (χ0v) is 13.7. The van der Waals surface area contributed by atoms with E-state index in [9.17, 15) is 9.59 Å². The van der Waals surface area contributed by atoms with Gasteiger partial charge in [0.25, 0.3) is 0 Å². The van der Waals surface area contributed by atoms with Gasteiger partial charge in [-0.3, -0.25) is 4.79 Å². The fourth-order valence-corrected chi connectivity index (χ4v) is 2.03. The number of rotatable bonds is 7. The first-order valence-corrected chi connectivity index (χ1v) is 7.11. The largest absolute Gasteiger partial charge is 0.493 e. The average Bonchev–Trinajstić information content (AvgIpc) is 3.08. The van der Waals surface area contributed by atoms with Crippen molar-refractivity contribution in [3.05, 3.63) is 47.4 Å². The van der Waals surface area contributed by atoms with Gasteiger partial charge in [-0.2, -0.15) is 0 Å². The minimum atomic E-state index is -0.585. The molecular weight excluding hydrogens is 316 g/mol. The van der Waals surface area contributed by atoms with Gasteiger partial charge in [0.05, 0.1) is 27.8 Å². The van der Waals surface area contributed by atoms with E-state index in [0.717, 1.165) is 5.56 Å². The molecule has 2 aromatic rings. The summed E-state index contributed by atoms with van der Waals surface area (Å²) in [5, 5.41) is 0. The molecule has 0 N–H and O–H groups in total. The van der Waals surface area contributed by atoms with Gasteiger partial charge in [-0.25, -0.2) is 4.79 Å². The Hall–Kier alpha value is -2.96. The van der Waals surface area contributed by atoms with Crippen LogP contribution in [0.5, 0.6) is 11.5 Å². The van der Waals surface area contributed by atoms with Crippen molar-refractivity contribution >= 4 is 11.9 Å². The highest BCUT2D eigenvalue weighted by Crippen LogP contribution is 2.27. The molecule has 0 spiro atoms. The SMILES string of the molecule is COC(=O)c1ccc(COC(=O)Cc2ccc(OC)c(OC)c2)o1. The molecule has 0 aliphatic carbocycles. The number of methoxy groups -OCH3 is 3. The number of benzene rings is 1. The van der Waals surface area contributed by atoms with Crippen molar-refractivity contribution in [2.75, 3.05) is 21.3 Å². The molecule has 1 aromatic heterocycles. The summed E-state index contributed by atoms with van der Waals surface area (Å²) in [7, 11) is 4.32. The summed E-state index contributed by atoms with van der Waals surface area (Å²) in [5.74, 6) is 0.521. The molecule has 0 amide bonds. The Kier molecular flexibility index (Phi) is 5.83. The summed E-state index contributed by atoms with van der Waals surface area (Å²) in [6.07, 6.45) is 0.0743. The van der Waals surface area contributed by atoms with Crippen molar-refractivity contribution in [1.29, 1.82) is 0 Å². The van der Waals surface area contributed by atoms with Crippen molar-refractivity contribution in [3.63, 3.8) is 0 Å². The average molecular weight is 334 g/mol. The highest BCUT2D eigenvalue weighted by molar-refractivity contribution is 5.86. The molecule has 7 nitrogen and oxygen atoms in total. The molecule has 0 aliphatic heterocycles. The van der Waals surface area contributed by atoms with Crippen molar-refractivity contribution in [2.24, 2.45) is 0 Å². The van der Waals surface area contributed by atoms with Crippen LogP contribution in [0, 0.1) is 0 Å². The number of carbonyl (C=O) groups excluding carboxylic acids is 2. The van der Waals surface area contributed by atoms with Gasteiger partial charge in [-0.15, -0.1) is 0 Å². The molecule has 0 radical (unpaired) electrons. The number of hydrogen-bond donors (Lipinski definition) is 0. The molecule has 1 aromatic carbocycles. The van der Waals surface area contributed by atoms with Crippen LogP contribution < -0.4 is 9.47 Å². The van der Waals surface area contributed by atoms with Gasteiger partial charge in [0.1, 0.15) is 12.4 Å². The highest BCUT2D eigenvalue weighted by Gasteiger charge is 2.13. The van der Waals surface area contributed by atoms with Gasteiger partial charge in [0.2, 0.25) is 5.76 Å². The van der Waals surface area contributed by atoms with Gasteiger partial charge in [0.15, 0.2) is 11.5 Å². The fourth-order valence-electron chi connectivity index (χ4n) is 2.03. The summed E-state index contributed by atoms with van der Waals surface area (Å²) in [6, 6.07) is 8.20. The van der Waals surface area contributed by atoms with Gasteiger partial charge in [0, 0.05) is 0 Å². The van der Waals surface area contributed by atoms with Crippen LogP contribution in [0.4, 0.5) is 0 Å². The first-order valence-electron chi connectivity index (χ1n) is 7.11. The zero-order chi connectivity index (χ0) is 17.5. The maximum absolute atomic E-state index is 11.9. The van der Waals surface area contributed by atoms with E-state index in [0.29, 0.717) is 17.3 Å². The van der Waals surface area contributed by atoms with Crippen LogP contribution >= 0.6 is 0 Å². The summed E-state index contributed by atoms with van der Waals surface area (Å²) < 4.78 is 25.2. The van der Waals surface area contributed by atoms with Crippen LogP contribution in [0.15, 0.2) is 34.7 Å². The van der Waals surface area contributed by atoms with Crippen LogP contribution in [0.3, 0.4) is 0 Å². The zero-order valence-electron chi connectivity index (χ0n) is 13.7. The predicted octanol–water partition coefficient (Wildman–Crippen LogP) is 2.37. The van der Waals surface area contributed by atoms with Gasteiger partial charge < -0.3 is 23.4 Å². The number of furan rings is 1. The van der Waals surface area contributed by atoms with Gasteiger partial charge in [-0.1, -0.05) is 6.07 Å². The Morgan fingerprint density at radius 1 is 1.00 bits per heavy atom. The quantitative estimate of drug-likeness (QED) is 0.719. The number of hydrogen-bond acceptors (Lipinski definition) is 7. The second kappa shape index (κ2) is 8.05. The van der Waals surface area contributed by atoms with Crippen molar-refractivity contribution in [3.8, 4) is 11.5 Å². The summed E-state index contributed by atoms with van der Waals surface area (Å²) >= 11 is 0. The molecule has 0 saturated heterocycles. The van der Waals surface area contributed by atoms with Crippen molar-refractivity contribution in [1.82, 2.24) is 0 Å². The molecule has 0 unspecified atom stereocenters. The van der Waals surface area contributed by atoms with Crippen molar-refractivity contribution in [2.45, 2.75) is 13.0 Å². The lowest BCUT2D eigenvalue weighted by Crippen LogP contribution is -2.08. The topological polar surface area (TPSA) is 84.2 Å². The monoisotopic (exact) mass is 334 g/mol. The molecule has 0 saturated carbocycles. The van der Waals surface area contributed by atoms with Crippen LogP contribution in [0.25, 0.3) is 0 Å². The Labute approximate surface area is 139 Å². The lowest BCUT2D eigenvalue weighted by Gasteiger charge is -2.09. The summed E-state index contributed by atoms with van der Waals surface area (Å²) in [5.41, 5.74) is 0.729. The minimum Gasteiger partial charge on any atom is -0.493 e. The molecule has 0 aliphatic rings. The third kappa shape index (κ3) is 4.28. The molecule has 128 valence electrons. The standard InChI is InChI=1S/C17H18O7/c1-20-13-6-4-11(8-15(13)21-2)9-16(18)23-10-12-5-7-14(24-12)17(19)22-3/h4-8H,9-10H2,1-3H3. The molecule has 7 heteroatoms. The van der Waals surface area contributed by atoms with Crippen LogP contribution in [0.1, 0.15) is 21.9 Å². The van der Waals surface area contributed by atoms with E-state index in [1.54, 1.807) is 24.3 Å². The Balaban J connectivity index is 1.91. The van der Waals surface area contributed by atoms with Crippen LogP contribution in [-0.4, -0.2) is 33.3 Å². The molecule has 0 atom stereocenters. The van der Waals surface area contributed by atoms with Gasteiger partial charge >= 0.3 is 11.9 Å². The van der Waals surface area contributed by atoms with E-state index in [1.807, 2.05) is 0 Å². The third-order valence-electron chi connectivity index (χ3n) is 3.22.